The number of nitrogens with zero attached hydrogens (tertiary/aromatic N) is 5. The van der Waals surface area contributed by atoms with Gasteiger partial charge in [-0.15, -0.1) is 10.2 Å². The molecule has 0 atom stereocenters. The molecule has 2 heterocycles. The zero-order valence-electron chi connectivity index (χ0n) is 6.98. The van der Waals surface area contributed by atoms with Gasteiger partial charge in [0.2, 0.25) is 0 Å². The fourth-order valence-electron chi connectivity index (χ4n) is 0.857. The summed E-state index contributed by atoms with van der Waals surface area (Å²) in [5.74, 6) is 1.29. The first kappa shape index (κ1) is 9.00. The third kappa shape index (κ3) is 2.22. The first-order chi connectivity index (χ1) is 6.84. The number of H-pyrrole nitrogens is 1. The average molecular weight is 256 g/mol. The minimum absolute atomic E-state index is 0.472. The largest absolute Gasteiger partial charge is 0.362 e. The van der Waals surface area contributed by atoms with Gasteiger partial charge in [0.1, 0.15) is 16.7 Å². The van der Waals surface area contributed by atoms with Gasteiger partial charge in [0.25, 0.3) is 0 Å². The topological polar surface area (TPSA) is 92.3 Å². The summed E-state index contributed by atoms with van der Waals surface area (Å²) in [7, 11) is 0. The van der Waals surface area contributed by atoms with Crippen LogP contribution in [-0.2, 0) is 6.54 Å². The highest BCUT2D eigenvalue weighted by atomic mass is 79.9. The smallest absolute Gasteiger partial charge is 0.193 e. The van der Waals surface area contributed by atoms with Crippen LogP contribution in [0.25, 0.3) is 0 Å². The number of tetrazole rings is 1. The Morgan fingerprint density at radius 2 is 2.36 bits per heavy atom. The fraction of sp³-hybridized carbons (Fsp3) is 0.167. The summed E-state index contributed by atoms with van der Waals surface area (Å²) in [4.78, 5) is 7.90. The van der Waals surface area contributed by atoms with Gasteiger partial charge in [0.05, 0.1) is 6.54 Å². The van der Waals surface area contributed by atoms with Crippen molar-refractivity contribution < 1.29 is 0 Å². The van der Waals surface area contributed by atoms with Gasteiger partial charge in [-0.1, -0.05) is 5.21 Å². The number of hydrogen-bond acceptors (Lipinski definition) is 6. The van der Waals surface area contributed by atoms with Crippen molar-refractivity contribution in [2.24, 2.45) is 0 Å². The quantitative estimate of drug-likeness (QED) is 0.770. The van der Waals surface area contributed by atoms with E-state index < -0.39 is 0 Å². The lowest BCUT2D eigenvalue weighted by Gasteiger charge is -2.00. The van der Waals surface area contributed by atoms with Gasteiger partial charge in [-0.3, -0.25) is 0 Å². The molecule has 7 nitrogen and oxygen atoms in total. The molecule has 0 aromatic carbocycles. The molecule has 0 aliphatic heterocycles. The number of hydrogen-bond donors (Lipinski definition) is 2. The molecule has 0 aliphatic carbocycles. The minimum atomic E-state index is 0.472. The van der Waals surface area contributed by atoms with E-state index in [9.17, 15) is 0 Å². The lowest BCUT2D eigenvalue weighted by atomic mass is 10.5. The Morgan fingerprint density at radius 1 is 1.43 bits per heavy atom. The van der Waals surface area contributed by atoms with Crippen LogP contribution >= 0.6 is 15.9 Å². The van der Waals surface area contributed by atoms with E-state index in [1.54, 1.807) is 6.07 Å². The Balaban J connectivity index is 1.98. The van der Waals surface area contributed by atoms with E-state index in [1.165, 1.54) is 6.33 Å². The van der Waals surface area contributed by atoms with Crippen LogP contribution in [0.3, 0.4) is 0 Å². The monoisotopic (exact) mass is 255 g/mol. The van der Waals surface area contributed by atoms with E-state index in [-0.39, 0.29) is 0 Å². The summed E-state index contributed by atoms with van der Waals surface area (Å²) in [5, 5.41) is 16.4. The van der Waals surface area contributed by atoms with Crippen molar-refractivity contribution in [1.29, 1.82) is 0 Å². The van der Waals surface area contributed by atoms with Crippen molar-refractivity contribution in [3.8, 4) is 0 Å². The van der Waals surface area contributed by atoms with Crippen LogP contribution in [0.2, 0.25) is 0 Å². The van der Waals surface area contributed by atoms with Crippen molar-refractivity contribution in [2.75, 3.05) is 5.32 Å². The third-order valence-electron chi connectivity index (χ3n) is 1.45. The maximum absolute atomic E-state index is 4.00. The maximum atomic E-state index is 4.00. The molecule has 0 aliphatic rings. The van der Waals surface area contributed by atoms with Gasteiger partial charge in [0.15, 0.2) is 5.82 Å². The van der Waals surface area contributed by atoms with Gasteiger partial charge in [0, 0.05) is 6.07 Å². The Labute approximate surface area is 87.5 Å². The Hall–Kier alpha value is -1.57. The van der Waals surface area contributed by atoms with E-state index in [1.807, 2.05) is 0 Å². The predicted molar refractivity (Wildman–Crippen MR) is 51.2 cm³/mol. The van der Waals surface area contributed by atoms with E-state index >= 15 is 0 Å². The zero-order valence-corrected chi connectivity index (χ0v) is 8.56. The molecule has 8 heteroatoms. The van der Waals surface area contributed by atoms with Crippen LogP contribution in [0, 0.1) is 0 Å². The zero-order chi connectivity index (χ0) is 9.80. The second-order valence-electron chi connectivity index (χ2n) is 2.41. The Kier molecular flexibility index (Phi) is 2.63. The molecule has 0 saturated carbocycles. The van der Waals surface area contributed by atoms with Crippen molar-refractivity contribution in [3.05, 3.63) is 22.8 Å². The molecule has 72 valence electrons. The molecule has 14 heavy (non-hydrogen) atoms. The van der Waals surface area contributed by atoms with Crippen LogP contribution < -0.4 is 5.32 Å². The minimum Gasteiger partial charge on any atom is -0.362 e. The van der Waals surface area contributed by atoms with Crippen LogP contribution in [-0.4, -0.2) is 30.6 Å². The summed E-state index contributed by atoms with van der Waals surface area (Å²) in [5.41, 5.74) is 0. The highest BCUT2D eigenvalue weighted by Gasteiger charge is 1.99. The summed E-state index contributed by atoms with van der Waals surface area (Å²) >= 11 is 3.24. The van der Waals surface area contributed by atoms with E-state index in [2.05, 4.69) is 51.8 Å². The number of rotatable bonds is 3. The van der Waals surface area contributed by atoms with Gasteiger partial charge in [-0.25, -0.2) is 9.97 Å². The number of aromatic amines is 1. The molecule has 0 fully saturated rings. The molecule has 2 N–H and O–H groups in total. The normalized spacial score (nSPS) is 10.1. The van der Waals surface area contributed by atoms with Crippen LogP contribution in [0.1, 0.15) is 5.82 Å². The number of anilines is 1. The second-order valence-corrected chi connectivity index (χ2v) is 3.22. The summed E-state index contributed by atoms with van der Waals surface area (Å²) < 4.78 is 0.725. The van der Waals surface area contributed by atoms with Gasteiger partial charge >= 0.3 is 0 Å². The first-order valence-electron chi connectivity index (χ1n) is 3.78. The second kappa shape index (κ2) is 4.09. The van der Waals surface area contributed by atoms with Crippen molar-refractivity contribution in [3.63, 3.8) is 0 Å². The standard InChI is InChI=1S/C6H6BrN7/c7-4-1-5(10-3-9-4)8-2-6-11-13-14-12-6/h1,3H,2H2,(H,8,9,10)(H,11,12,13,14). The molecule has 2 aromatic heterocycles. The van der Waals surface area contributed by atoms with Gasteiger partial charge in [-0.05, 0) is 15.9 Å². The lowest BCUT2D eigenvalue weighted by molar-refractivity contribution is 0.881. The molecule has 0 bridgehead atoms. The molecule has 0 unspecified atom stereocenters. The van der Waals surface area contributed by atoms with Crippen molar-refractivity contribution >= 4 is 21.7 Å². The highest BCUT2D eigenvalue weighted by Crippen LogP contribution is 2.09. The molecule has 0 saturated heterocycles. The highest BCUT2D eigenvalue weighted by molar-refractivity contribution is 9.10. The summed E-state index contributed by atoms with van der Waals surface area (Å²) in [6.45, 7) is 0.472. The molecule has 0 amide bonds. The molecule has 2 aromatic rings. The van der Waals surface area contributed by atoms with E-state index in [4.69, 9.17) is 0 Å². The van der Waals surface area contributed by atoms with Crippen LogP contribution in [0.15, 0.2) is 17.0 Å². The molecular weight excluding hydrogens is 250 g/mol. The average Bonchev–Trinajstić information content (AvgIpc) is 2.67. The molecule has 2 rings (SSSR count). The fourth-order valence-corrected chi connectivity index (χ4v) is 1.17. The number of aromatic nitrogens is 6. The maximum Gasteiger partial charge on any atom is 0.193 e. The van der Waals surface area contributed by atoms with Gasteiger partial charge in [-0.2, -0.15) is 5.21 Å². The molecule has 0 radical (unpaired) electrons. The Morgan fingerprint density at radius 3 is 3.07 bits per heavy atom. The van der Waals surface area contributed by atoms with Crippen LogP contribution in [0.4, 0.5) is 5.82 Å². The van der Waals surface area contributed by atoms with Crippen molar-refractivity contribution in [2.45, 2.75) is 6.54 Å². The first-order valence-corrected chi connectivity index (χ1v) is 4.57. The lowest BCUT2D eigenvalue weighted by Crippen LogP contribution is -2.03. The molecule has 0 spiro atoms. The Bertz CT molecular complexity index is 400. The SMILES string of the molecule is Brc1cc(NCc2nn[nH]n2)ncn1. The van der Waals surface area contributed by atoms with Crippen molar-refractivity contribution in [1.82, 2.24) is 30.6 Å². The predicted octanol–water partition coefficient (Wildman–Crippen LogP) is 0.364. The molecular formula is C6H6BrN7. The van der Waals surface area contributed by atoms with E-state index in [0.717, 1.165) is 4.60 Å². The van der Waals surface area contributed by atoms with E-state index in [0.29, 0.717) is 18.2 Å². The van der Waals surface area contributed by atoms with Crippen LogP contribution in [0.5, 0.6) is 0 Å². The summed E-state index contributed by atoms with van der Waals surface area (Å²) in [6, 6.07) is 1.76. The third-order valence-corrected chi connectivity index (χ3v) is 1.88. The van der Waals surface area contributed by atoms with Gasteiger partial charge < -0.3 is 5.32 Å². The number of halogens is 1. The number of nitrogens with one attached hydrogen (secondary N) is 2. The summed E-state index contributed by atoms with van der Waals surface area (Å²) in [6.07, 6.45) is 1.46.